The van der Waals surface area contributed by atoms with Gasteiger partial charge in [-0.15, -0.1) is 0 Å². The van der Waals surface area contributed by atoms with Crippen LogP contribution < -0.4 is 18.9 Å². The molecule has 0 heterocycles. The van der Waals surface area contributed by atoms with Gasteiger partial charge in [-0.05, 0) is 85.8 Å². The molecular formula is C45H74AlLiO10. The number of hydrogen-bond donors (Lipinski definition) is 5. The van der Waals surface area contributed by atoms with Gasteiger partial charge >= 0.3 is 30.8 Å². The molecule has 0 amide bonds. The van der Waals surface area contributed by atoms with E-state index in [4.69, 9.17) is 24.8 Å². The predicted molar refractivity (Wildman–Crippen MR) is 231 cm³/mol. The van der Waals surface area contributed by atoms with Gasteiger partial charge in [-0.3, -0.25) is 9.59 Å². The zero-order chi connectivity index (χ0) is 41.6. The number of esters is 2. The Kier molecular flexibility index (Phi) is 28.1. The maximum Gasteiger partial charge on any atom is 1.00 e. The molecule has 0 radical (unpaired) electrons. The quantitative estimate of drug-likeness (QED) is 0.0613. The Balaban J connectivity index is -0.000000397. The summed E-state index contributed by atoms with van der Waals surface area (Å²) in [6, 6.07) is 0. The Hall–Kier alpha value is -2.54. The van der Waals surface area contributed by atoms with Crippen molar-refractivity contribution >= 4 is 35.1 Å². The second-order valence-electron chi connectivity index (χ2n) is 15.4. The largest absolute Gasteiger partial charge is 1.00 e. The van der Waals surface area contributed by atoms with Crippen LogP contribution in [0.1, 0.15) is 89.9 Å². The molecule has 318 valence electrons. The number of carbonyl (C=O) groups is 3. The molecule has 4 rings (SSSR count). The summed E-state index contributed by atoms with van der Waals surface area (Å²) >= 11 is 0. The minimum atomic E-state index is -0.500. The molecule has 5 unspecified atom stereocenters. The first-order valence-electron chi connectivity index (χ1n) is 18.5. The summed E-state index contributed by atoms with van der Waals surface area (Å²) in [5.41, 5.74) is 4.82. The molecule has 0 spiro atoms. The van der Waals surface area contributed by atoms with Crippen LogP contribution in [0.2, 0.25) is 0 Å². The van der Waals surface area contributed by atoms with Gasteiger partial charge in [0.25, 0.3) is 0 Å². The van der Waals surface area contributed by atoms with E-state index in [1.54, 1.807) is 31.2 Å². The second-order valence-corrected chi connectivity index (χ2v) is 15.4. The van der Waals surface area contributed by atoms with Crippen molar-refractivity contribution in [1.82, 2.24) is 0 Å². The van der Waals surface area contributed by atoms with Crippen molar-refractivity contribution < 1.29 is 69.7 Å². The molecule has 2 saturated carbocycles. The van der Waals surface area contributed by atoms with Gasteiger partial charge in [-0.1, -0.05) is 102 Å². The molecule has 12 heteroatoms. The zero-order valence-corrected chi connectivity index (χ0v) is 35.1. The van der Waals surface area contributed by atoms with Gasteiger partial charge < -0.3 is 36.4 Å². The van der Waals surface area contributed by atoms with Crippen molar-refractivity contribution in [3.05, 3.63) is 95.2 Å². The van der Waals surface area contributed by atoms with E-state index in [-0.39, 0.29) is 99.1 Å². The molecule has 0 bridgehead atoms. The molecule has 0 aliphatic heterocycles. The number of ketones is 1. The van der Waals surface area contributed by atoms with Gasteiger partial charge in [-0.25, -0.2) is 4.79 Å². The van der Waals surface area contributed by atoms with E-state index in [1.165, 1.54) is 7.11 Å². The van der Waals surface area contributed by atoms with Crippen molar-refractivity contribution in [3.8, 4) is 0 Å². The number of methoxy groups -OCH3 is 1. The molecule has 4 aliphatic rings. The first-order chi connectivity index (χ1) is 25.3. The minimum Gasteiger partial charge on any atom is -1.00 e. The third-order valence-electron chi connectivity index (χ3n) is 11.1. The summed E-state index contributed by atoms with van der Waals surface area (Å²) < 4.78 is 10.4. The molecule has 57 heavy (non-hydrogen) atoms. The van der Waals surface area contributed by atoms with E-state index in [2.05, 4.69) is 33.1 Å². The van der Waals surface area contributed by atoms with E-state index in [0.29, 0.717) is 42.2 Å². The Bertz CT molecular complexity index is 1540. The monoisotopic (exact) mass is 809 g/mol. The molecular weight excluding hydrogens is 734 g/mol. The maximum atomic E-state index is 12.7. The standard InChI is InChI=1S/C22H28O5.C11H16O2.C10H18O2.CH4O.CH4.Al.Li.4H/c1-7-8-9-10-15-14(3)18(12-17(15)23)27-21(25)19-16(22(19,4)5)11-13(2)20(24)26-6;1-3-4-5-6-9-8(2)10(12)7-11(9)13;1-7(5-11)4-8-9(6-12)10(8,2)3;1-2;;;;;;;/h7-9,11,16,18-19H,1,10,12H2,2-6H3;3-5,10-13H,1,6-7H2,2H3;4,8-9,11-12H,5-6H2,1-3H3;2H,1H3;1H4;;;;;;/q;;;;;;+1;;;;-1/b9-8+,13-11+;5-4+;7-4+;;;;;;;;/t16?,18?,19-;;8?,9-;;;;;;;;/m0.1......../s1. The molecule has 10 nitrogen and oxygen atoms in total. The third-order valence-corrected chi connectivity index (χ3v) is 11.1. The Morgan fingerprint density at radius 3 is 1.88 bits per heavy atom. The van der Waals surface area contributed by atoms with E-state index < -0.39 is 24.3 Å². The molecule has 0 aromatic rings. The molecule has 5 N–H and O–H groups in total. The summed E-state index contributed by atoms with van der Waals surface area (Å²) in [5.74, 6) is -0.271. The first-order valence-corrected chi connectivity index (χ1v) is 18.5. The SMILES string of the molecule is C.C/C(=C\C1[C@@H](CO)C1(C)C)CO.C=C/C=C/CC1=C(C)C(O)CC1O.C=C/C=C/CC1=C(C)C(OC(=O)[C@@H]2C(/C=C(\C)C(=O)OC)C2(C)C)CC1=O.CO.[AlH3].[H-].[Li+]. The van der Waals surface area contributed by atoms with Gasteiger partial charge in [0, 0.05) is 31.3 Å². The normalized spacial score (nSPS) is 26.6. The van der Waals surface area contributed by atoms with Crippen molar-refractivity contribution in [3.63, 3.8) is 0 Å². The summed E-state index contributed by atoms with van der Waals surface area (Å²) in [6.45, 7) is 23.1. The summed E-state index contributed by atoms with van der Waals surface area (Å²) in [6.07, 6.45) is 15.1. The number of aliphatic hydroxyl groups excluding tert-OH is 5. The molecule has 0 aromatic heterocycles. The number of aliphatic hydroxyl groups is 5. The van der Waals surface area contributed by atoms with Crippen molar-refractivity contribution in [2.45, 2.75) is 107 Å². The molecule has 4 aliphatic carbocycles. The van der Waals surface area contributed by atoms with Gasteiger partial charge in [0.1, 0.15) is 6.10 Å². The average molecular weight is 809 g/mol. The number of ether oxygens (including phenoxy) is 2. The summed E-state index contributed by atoms with van der Waals surface area (Å²) in [5, 5.41) is 43.8. The van der Waals surface area contributed by atoms with Gasteiger partial charge in [0.15, 0.2) is 23.1 Å². The van der Waals surface area contributed by atoms with E-state index in [1.807, 2.05) is 52.8 Å². The van der Waals surface area contributed by atoms with Crippen LogP contribution in [-0.4, -0.2) is 106 Å². The topological polar surface area (TPSA) is 171 Å². The van der Waals surface area contributed by atoms with Crippen LogP contribution in [-0.2, 0) is 23.9 Å². The maximum absolute atomic E-state index is 12.7. The van der Waals surface area contributed by atoms with Gasteiger partial charge in [-0.2, -0.15) is 0 Å². The Morgan fingerprint density at radius 1 is 0.895 bits per heavy atom. The average Bonchev–Trinajstić information content (AvgIpc) is 3.78. The fraction of sp³-hybridized carbons (Fsp3) is 0.578. The third kappa shape index (κ3) is 16.2. The molecule has 7 atom stereocenters. The van der Waals surface area contributed by atoms with E-state index in [9.17, 15) is 24.6 Å². The van der Waals surface area contributed by atoms with Gasteiger partial charge in [0.2, 0.25) is 0 Å². The van der Waals surface area contributed by atoms with Crippen LogP contribution in [0, 0.1) is 34.5 Å². The zero-order valence-electron chi connectivity index (χ0n) is 36.1. The van der Waals surface area contributed by atoms with Gasteiger partial charge in [0.05, 0.1) is 38.3 Å². The van der Waals surface area contributed by atoms with Crippen molar-refractivity contribution in [2.24, 2.45) is 34.5 Å². The smallest absolute Gasteiger partial charge is 1.00 e. The summed E-state index contributed by atoms with van der Waals surface area (Å²) in [7, 11) is 2.33. The Morgan fingerprint density at radius 2 is 1.44 bits per heavy atom. The Labute approximate surface area is 367 Å². The summed E-state index contributed by atoms with van der Waals surface area (Å²) in [4.78, 5) is 36.5. The van der Waals surface area contributed by atoms with E-state index in [0.717, 1.165) is 29.4 Å². The van der Waals surface area contributed by atoms with Crippen LogP contribution in [0.4, 0.5) is 0 Å². The minimum absolute atomic E-state index is 0. The van der Waals surface area contributed by atoms with E-state index >= 15 is 0 Å². The van der Waals surface area contributed by atoms with Crippen molar-refractivity contribution in [2.75, 3.05) is 27.4 Å². The molecule has 2 fully saturated rings. The van der Waals surface area contributed by atoms with Crippen molar-refractivity contribution in [1.29, 1.82) is 0 Å². The van der Waals surface area contributed by atoms with Crippen LogP contribution >= 0.6 is 0 Å². The fourth-order valence-corrected chi connectivity index (χ4v) is 7.12. The second kappa shape index (κ2) is 27.3. The van der Waals surface area contributed by atoms with Crippen LogP contribution in [0.5, 0.6) is 0 Å². The van der Waals surface area contributed by atoms with Crippen LogP contribution in [0.15, 0.2) is 95.2 Å². The molecule has 0 aromatic carbocycles. The van der Waals surface area contributed by atoms with Crippen LogP contribution in [0.25, 0.3) is 0 Å². The predicted octanol–water partition coefficient (Wildman–Crippen LogP) is 2.64. The number of hydrogen-bond acceptors (Lipinski definition) is 10. The number of carbonyl (C=O) groups excluding carboxylic acids is 3. The number of rotatable bonds is 13. The van der Waals surface area contributed by atoms with Crippen LogP contribution in [0.3, 0.4) is 0 Å². The fourth-order valence-electron chi connectivity index (χ4n) is 7.12. The number of allylic oxidation sites excluding steroid dienone is 9. The first kappa shape index (κ1) is 58.8. The molecule has 0 saturated heterocycles. The number of Topliss-reactive ketones (excluding diaryl/α,β-unsaturated/α-hetero) is 1.